The Bertz CT molecular complexity index is 731. The molecule has 0 unspecified atom stereocenters. The van der Waals surface area contributed by atoms with Gasteiger partial charge < -0.3 is 4.90 Å². The van der Waals surface area contributed by atoms with E-state index in [-0.39, 0.29) is 5.69 Å². The van der Waals surface area contributed by atoms with Gasteiger partial charge in [-0.25, -0.2) is 0 Å². The van der Waals surface area contributed by atoms with Crippen molar-refractivity contribution in [2.45, 2.75) is 0 Å². The smallest absolute Gasteiger partial charge is 0.270 e. The number of anilines is 2. The van der Waals surface area contributed by atoms with Crippen LogP contribution in [0.3, 0.4) is 0 Å². The lowest BCUT2D eigenvalue weighted by Crippen LogP contribution is -2.20. The van der Waals surface area contributed by atoms with Gasteiger partial charge in [0.1, 0.15) is 0 Å². The Balaban J connectivity index is 2.12. The highest BCUT2D eigenvalue weighted by Gasteiger charge is 2.19. The summed E-state index contributed by atoms with van der Waals surface area (Å²) in [5.74, 6) is 0. The third kappa shape index (κ3) is 2.60. The van der Waals surface area contributed by atoms with Gasteiger partial charge in [0.25, 0.3) is 5.69 Å². The maximum absolute atomic E-state index is 10.9. The number of nitrogens with zero attached hydrogens (tertiary/aromatic N) is 3. The van der Waals surface area contributed by atoms with Crippen molar-refractivity contribution in [3.8, 4) is 0 Å². The predicted octanol–water partition coefficient (Wildman–Crippen LogP) is 3.82. The molecular weight excluding hydrogens is 290 g/mol. The number of aliphatic imine (C=N–C) groups is 1. The molecule has 2 aromatic rings. The van der Waals surface area contributed by atoms with Crippen molar-refractivity contribution in [3.63, 3.8) is 0 Å². The van der Waals surface area contributed by atoms with E-state index in [0.717, 1.165) is 16.9 Å². The summed E-state index contributed by atoms with van der Waals surface area (Å²) in [6, 6.07) is 12.3. The lowest BCUT2D eigenvalue weighted by molar-refractivity contribution is -0.384. The summed E-state index contributed by atoms with van der Waals surface area (Å²) in [4.78, 5) is 16.8. The molecule has 0 fully saturated rings. The zero-order chi connectivity index (χ0) is 14.8. The topological polar surface area (TPSA) is 58.7 Å². The van der Waals surface area contributed by atoms with Gasteiger partial charge in [0.15, 0.2) is 0 Å². The number of hydrogen-bond donors (Lipinski definition) is 0. The van der Waals surface area contributed by atoms with Gasteiger partial charge in [-0.1, -0.05) is 23.7 Å². The van der Waals surface area contributed by atoms with Gasteiger partial charge in [-0.05, 0) is 18.2 Å². The molecule has 0 bridgehead atoms. The SMILES string of the molecule is O=[N+]([O-])c1ccc2c(c1)C=NCCN2c1ccccc1Cl. The molecule has 0 amide bonds. The fourth-order valence-corrected chi connectivity index (χ4v) is 2.60. The fourth-order valence-electron chi connectivity index (χ4n) is 2.37. The van der Waals surface area contributed by atoms with Crippen LogP contribution >= 0.6 is 11.6 Å². The van der Waals surface area contributed by atoms with Crippen LogP contribution in [-0.2, 0) is 0 Å². The molecule has 0 atom stereocenters. The van der Waals surface area contributed by atoms with E-state index in [1.165, 1.54) is 12.1 Å². The first kappa shape index (κ1) is 13.6. The number of nitro groups is 1. The van der Waals surface area contributed by atoms with Gasteiger partial charge in [0.05, 0.1) is 27.9 Å². The van der Waals surface area contributed by atoms with Crippen molar-refractivity contribution >= 4 is 34.9 Å². The van der Waals surface area contributed by atoms with E-state index in [1.807, 2.05) is 29.2 Å². The minimum atomic E-state index is -0.404. The second-order valence-corrected chi connectivity index (χ2v) is 5.05. The molecule has 1 aliphatic rings. The van der Waals surface area contributed by atoms with Gasteiger partial charge in [-0.3, -0.25) is 15.1 Å². The molecule has 0 aromatic heterocycles. The number of fused-ring (bicyclic) bond motifs is 1. The van der Waals surface area contributed by atoms with Crippen LogP contribution in [0, 0.1) is 10.1 Å². The molecule has 5 nitrogen and oxygen atoms in total. The Hall–Kier alpha value is -2.40. The molecule has 106 valence electrons. The summed E-state index contributed by atoms with van der Waals surface area (Å²) in [7, 11) is 0. The average Bonchev–Trinajstić information content (AvgIpc) is 2.69. The van der Waals surface area contributed by atoms with Gasteiger partial charge in [0.2, 0.25) is 0 Å². The van der Waals surface area contributed by atoms with E-state index < -0.39 is 4.92 Å². The summed E-state index contributed by atoms with van der Waals surface area (Å²) in [6.45, 7) is 1.28. The summed E-state index contributed by atoms with van der Waals surface area (Å²) < 4.78 is 0. The van der Waals surface area contributed by atoms with Crippen LogP contribution in [0.1, 0.15) is 5.56 Å². The van der Waals surface area contributed by atoms with Crippen LogP contribution in [0.15, 0.2) is 47.5 Å². The summed E-state index contributed by atoms with van der Waals surface area (Å²) in [6.07, 6.45) is 1.68. The Kier molecular flexibility index (Phi) is 3.58. The standard InChI is InChI=1S/C15H12ClN3O2/c16-13-3-1-2-4-15(13)18-8-7-17-10-11-9-12(19(20)21)5-6-14(11)18/h1-6,9-10H,7-8H2. The van der Waals surface area contributed by atoms with E-state index >= 15 is 0 Å². The molecule has 21 heavy (non-hydrogen) atoms. The summed E-state index contributed by atoms with van der Waals surface area (Å²) in [5.41, 5.74) is 2.53. The van der Waals surface area contributed by atoms with Gasteiger partial charge >= 0.3 is 0 Å². The normalized spacial score (nSPS) is 13.7. The molecule has 0 saturated carbocycles. The Labute approximate surface area is 126 Å². The van der Waals surface area contributed by atoms with E-state index in [0.29, 0.717) is 18.1 Å². The first-order valence-electron chi connectivity index (χ1n) is 6.47. The highest BCUT2D eigenvalue weighted by atomic mass is 35.5. The fraction of sp³-hybridized carbons (Fsp3) is 0.133. The van der Waals surface area contributed by atoms with Crippen LogP contribution in [0.5, 0.6) is 0 Å². The number of nitro benzene ring substituents is 1. The number of hydrogen-bond acceptors (Lipinski definition) is 4. The van der Waals surface area contributed by atoms with Crippen molar-refractivity contribution in [2.24, 2.45) is 4.99 Å². The quantitative estimate of drug-likeness (QED) is 0.626. The second-order valence-electron chi connectivity index (χ2n) is 4.64. The molecule has 1 aliphatic heterocycles. The Morgan fingerprint density at radius 1 is 1.19 bits per heavy atom. The average molecular weight is 302 g/mol. The summed E-state index contributed by atoms with van der Waals surface area (Å²) in [5, 5.41) is 11.5. The molecule has 2 aromatic carbocycles. The van der Waals surface area contributed by atoms with E-state index in [1.54, 1.807) is 12.3 Å². The van der Waals surface area contributed by atoms with Crippen LogP contribution < -0.4 is 4.90 Å². The number of halogens is 1. The number of non-ortho nitro benzene ring substituents is 1. The van der Waals surface area contributed by atoms with Crippen molar-refractivity contribution in [2.75, 3.05) is 18.0 Å². The van der Waals surface area contributed by atoms with Crippen molar-refractivity contribution in [1.29, 1.82) is 0 Å². The lowest BCUT2D eigenvalue weighted by Gasteiger charge is -2.25. The minimum Gasteiger partial charge on any atom is -0.338 e. The molecule has 1 heterocycles. The highest BCUT2D eigenvalue weighted by molar-refractivity contribution is 6.33. The molecule has 0 saturated heterocycles. The van der Waals surface area contributed by atoms with Gasteiger partial charge in [0, 0.05) is 30.5 Å². The molecule has 0 N–H and O–H groups in total. The molecule has 0 radical (unpaired) electrons. The molecule has 6 heteroatoms. The Morgan fingerprint density at radius 3 is 2.76 bits per heavy atom. The summed E-state index contributed by atoms with van der Waals surface area (Å²) >= 11 is 6.27. The van der Waals surface area contributed by atoms with Gasteiger partial charge in [-0.15, -0.1) is 0 Å². The molecule has 0 spiro atoms. The van der Waals surface area contributed by atoms with Gasteiger partial charge in [-0.2, -0.15) is 0 Å². The largest absolute Gasteiger partial charge is 0.338 e. The third-order valence-electron chi connectivity index (χ3n) is 3.34. The maximum atomic E-state index is 10.9. The second kappa shape index (κ2) is 5.54. The van der Waals surface area contributed by atoms with Crippen molar-refractivity contribution < 1.29 is 4.92 Å². The first-order chi connectivity index (χ1) is 10.2. The van der Waals surface area contributed by atoms with E-state index in [2.05, 4.69) is 4.99 Å². The van der Waals surface area contributed by atoms with Crippen LogP contribution in [0.25, 0.3) is 0 Å². The van der Waals surface area contributed by atoms with E-state index in [4.69, 9.17) is 11.6 Å². The van der Waals surface area contributed by atoms with Crippen LogP contribution in [-0.4, -0.2) is 24.2 Å². The molecule has 0 aliphatic carbocycles. The number of benzodiazepines with no additional fused rings is 1. The monoisotopic (exact) mass is 301 g/mol. The zero-order valence-corrected chi connectivity index (χ0v) is 11.8. The molecule has 3 rings (SSSR count). The van der Waals surface area contributed by atoms with Crippen LogP contribution in [0.4, 0.5) is 17.1 Å². The van der Waals surface area contributed by atoms with Crippen LogP contribution in [0.2, 0.25) is 5.02 Å². The number of para-hydroxylation sites is 1. The zero-order valence-electron chi connectivity index (χ0n) is 11.1. The third-order valence-corrected chi connectivity index (χ3v) is 3.66. The minimum absolute atomic E-state index is 0.0567. The van der Waals surface area contributed by atoms with E-state index in [9.17, 15) is 10.1 Å². The molecular formula is C15H12ClN3O2. The van der Waals surface area contributed by atoms with Crippen molar-refractivity contribution in [3.05, 3.63) is 63.2 Å². The van der Waals surface area contributed by atoms with Crippen molar-refractivity contribution in [1.82, 2.24) is 0 Å². The maximum Gasteiger partial charge on any atom is 0.270 e. The highest BCUT2D eigenvalue weighted by Crippen LogP contribution is 2.35. The number of rotatable bonds is 2. The number of benzene rings is 2. The first-order valence-corrected chi connectivity index (χ1v) is 6.85. The predicted molar refractivity (Wildman–Crippen MR) is 84.0 cm³/mol. The lowest BCUT2D eigenvalue weighted by atomic mass is 10.1. The Morgan fingerprint density at radius 2 is 2.00 bits per heavy atom.